The summed E-state index contributed by atoms with van der Waals surface area (Å²) < 4.78 is 18.5. The van der Waals surface area contributed by atoms with Crippen LogP contribution in [0.4, 0.5) is 10.2 Å². The fourth-order valence-corrected chi connectivity index (χ4v) is 2.36. The number of rotatable bonds is 4. The molecular weight excluding hydrogens is 267 g/mol. The summed E-state index contributed by atoms with van der Waals surface area (Å²) in [5.74, 6) is 0.882. The summed E-state index contributed by atoms with van der Waals surface area (Å²) in [5, 5.41) is 5.31. The lowest BCUT2D eigenvalue weighted by molar-refractivity contribution is 0.419. The Kier molecular flexibility index (Phi) is 3.69. The molecule has 0 fully saturated rings. The highest BCUT2D eigenvalue weighted by molar-refractivity contribution is 5.91. The van der Waals surface area contributed by atoms with Crippen LogP contribution in [0.5, 0.6) is 5.75 Å². The van der Waals surface area contributed by atoms with Gasteiger partial charge in [-0.25, -0.2) is 4.98 Å². The minimum Gasteiger partial charge on any atom is -0.496 e. The molecule has 0 atom stereocenters. The Bertz CT molecular complexity index is 774. The van der Waals surface area contributed by atoms with Gasteiger partial charge in [0.05, 0.1) is 7.11 Å². The largest absolute Gasteiger partial charge is 0.496 e. The maximum absolute atomic E-state index is 13.1. The number of nitrogens with zero attached hydrogens (tertiary/aromatic N) is 1. The molecule has 0 amide bonds. The van der Waals surface area contributed by atoms with Crippen LogP contribution in [0.25, 0.3) is 10.8 Å². The molecule has 1 N–H and O–H groups in total. The van der Waals surface area contributed by atoms with Crippen LogP contribution in [-0.2, 0) is 6.54 Å². The molecule has 3 aromatic rings. The number of aromatic nitrogens is 1. The maximum atomic E-state index is 13.1. The average molecular weight is 282 g/mol. The standard InChI is InChI=1S/C17H15FN2O/c1-21-15-10-9-12(13-5-2-3-6-14(13)15)11-19-17-8-4-7-16(18)20-17/h2-10H,11H2,1H3,(H,19,20). The summed E-state index contributed by atoms with van der Waals surface area (Å²) in [6, 6.07) is 16.7. The van der Waals surface area contributed by atoms with Crippen molar-refractivity contribution in [3.8, 4) is 5.75 Å². The minimum atomic E-state index is -0.486. The topological polar surface area (TPSA) is 34.1 Å². The summed E-state index contributed by atoms with van der Waals surface area (Å²) in [6.45, 7) is 0.570. The van der Waals surface area contributed by atoms with Gasteiger partial charge in [0.25, 0.3) is 0 Å². The predicted molar refractivity (Wildman–Crippen MR) is 82.0 cm³/mol. The van der Waals surface area contributed by atoms with Crippen LogP contribution in [0.3, 0.4) is 0 Å². The summed E-state index contributed by atoms with van der Waals surface area (Å²) in [5.41, 5.74) is 1.11. The van der Waals surface area contributed by atoms with E-state index in [0.717, 1.165) is 22.1 Å². The van der Waals surface area contributed by atoms with E-state index in [-0.39, 0.29) is 0 Å². The SMILES string of the molecule is COc1ccc(CNc2cccc(F)n2)c2ccccc12. The van der Waals surface area contributed by atoms with Crippen molar-refractivity contribution in [2.75, 3.05) is 12.4 Å². The number of nitrogens with one attached hydrogen (secondary N) is 1. The Morgan fingerprint density at radius 3 is 2.57 bits per heavy atom. The van der Waals surface area contributed by atoms with Gasteiger partial charge in [0, 0.05) is 11.9 Å². The van der Waals surface area contributed by atoms with Gasteiger partial charge in [-0.2, -0.15) is 4.39 Å². The zero-order valence-electron chi connectivity index (χ0n) is 11.6. The van der Waals surface area contributed by atoms with Gasteiger partial charge in [-0.3, -0.25) is 0 Å². The molecular formula is C17H15FN2O. The molecule has 0 saturated heterocycles. The molecule has 0 spiro atoms. The first-order valence-electron chi connectivity index (χ1n) is 6.69. The fraction of sp³-hybridized carbons (Fsp3) is 0.118. The lowest BCUT2D eigenvalue weighted by Crippen LogP contribution is -2.03. The highest BCUT2D eigenvalue weighted by atomic mass is 19.1. The second-order valence-electron chi connectivity index (χ2n) is 4.67. The number of hydrogen-bond donors (Lipinski definition) is 1. The molecule has 0 bridgehead atoms. The van der Waals surface area contributed by atoms with E-state index in [4.69, 9.17) is 4.74 Å². The number of fused-ring (bicyclic) bond motifs is 1. The first-order valence-corrected chi connectivity index (χ1v) is 6.69. The van der Waals surface area contributed by atoms with E-state index in [2.05, 4.69) is 10.3 Å². The average Bonchev–Trinajstić information content (AvgIpc) is 2.52. The van der Waals surface area contributed by atoms with E-state index >= 15 is 0 Å². The first-order chi connectivity index (χ1) is 10.3. The van der Waals surface area contributed by atoms with E-state index in [9.17, 15) is 4.39 Å². The molecule has 2 aromatic carbocycles. The Morgan fingerprint density at radius 1 is 1.00 bits per heavy atom. The summed E-state index contributed by atoms with van der Waals surface area (Å²) >= 11 is 0. The molecule has 0 aliphatic heterocycles. The minimum absolute atomic E-state index is 0.486. The predicted octanol–water partition coefficient (Wildman–Crippen LogP) is 3.99. The molecule has 106 valence electrons. The lowest BCUT2D eigenvalue weighted by Gasteiger charge is -2.11. The van der Waals surface area contributed by atoms with Crippen molar-refractivity contribution in [3.05, 3.63) is 66.1 Å². The molecule has 0 saturated carbocycles. The maximum Gasteiger partial charge on any atom is 0.214 e. The van der Waals surface area contributed by atoms with Crippen molar-refractivity contribution in [3.63, 3.8) is 0 Å². The van der Waals surface area contributed by atoms with Gasteiger partial charge in [0.2, 0.25) is 5.95 Å². The fourth-order valence-electron chi connectivity index (χ4n) is 2.36. The first kappa shape index (κ1) is 13.4. The molecule has 3 rings (SSSR count). The van der Waals surface area contributed by atoms with Gasteiger partial charge in [-0.1, -0.05) is 36.4 Å². The van der Waals surface area contributed by atoms with Gasteiger partial charge in [-0.15, -0.1) is 0 Å². The van der Waals surface area contributed by atoms with Gasteiger partial charge < -0.3 is 10.1 Å². The number of halogens is 1. The van der Waals surface area contributed by atoms with E-state index < -0.39 is 5.95 Å². The third-order valence-corrected chi connectivity index (χ3v) is 3.37. The van der Waals surface area contributed by atoms with Crippen LogP contribution in [-0.4, -0.2) is 12.1 Å². The van der Waals surface area contributed by atoms with Crippen LogP contribution in [0.2, 0.25) is 0 Å². The number of hydrogen-bond acceptors (Lipinski definition) is 3. The normalized spacial score (nSPS) is 10.6. The van der Waals surface area contributed by atoms with Crippen molar-refractivity contribution in [2.45, 2.75) is 6.54 Å². The Labute approximate surface area is 122 Å². The number of anilines is 1. The third-order valence-electron chi connectivity index (χ3n) is 3.37. The van der Waals surface area contributed by atoms with Crippen molar-refractivity contribution >= 4 is 16.6 Å². The molecule has 0 aliphatic carbocycles. The highest BCUT2D eigenvalue weighted by Gasteiger charge is 2.06. The molecule has 3 nitrogen and oxygen atoms in total. The number of pyridine rings is 1. The van der Waals surface area contributed by atoms with Crippen molar-refractivity contribution in [1.29, 1.82) is 0 Å². The molecule has 0 aliphatic rings. The van der Waals surface area contributed by atoms with E-state index in [0.29, 0.717) is 12.4 Å². The van der Waals surface area contributed by atoms with Crippen LogP contribution in [0.1, 0.15) is 5.56 Å². The highest BCUT2D eigenvalue weighted by Crippen LogP contribution is 2.28. The summed E-state index contributed by atoms with van der Waals surface area (Å²) in [4.78, 5) is 3.80. The molecule has 21 heavy (non-hydrogen) atoms. The summed E-state index contributed by atoms with van der Waals surface area (Å²) in [6.07, 6.45) is 0. The molecule has 0 radical (unpaired) electrons. The lowest BCUT2D eigenvalue weighted by atomic mass is 10.0. The Balaban J connectivity index is 1.91. The Morgan fingerprint density at radius 2 is 1.81 bits per heavy atom. The van der Waals surface area contributed by atoms with E-state index in [1.54, 1.807) is 19.2 Å². The quantitative estimate of drug-likeness (QED) is 0.735. The Hall–Kier alpha value is -2.62. The van der Waals surface area contributed by atoms with Crippen LogP contribution < -0.4 is 10.1 Å². The van der Waals surface area contributed by atoms with Gasteiger partial charge >= 0.3 is 0 Å². The number of ether oxygens (including phenoxy) is 1. The van der Waals surface area contributed by atoms with Crippen LogP contribution in [0, 0.1) is 5.95 Å². The smallest absolute Gasteiger partial charge is 0.214 e. The van der Waals surface area contributed by atoms with Crippen LogP contribution >= 0.6 is 0 Å². The molecule has 4 heteroatoms. The van der Waals surface area contributed by atoms with Crippen molar-refractivity contribution in [1.82, 2.24) is 4.98 Å². The second-order valence-corrected chi connectivity index (χ2v) is 4.67. The second kappa shape index (κ2) is 5.79. The van der Waals surface area contributed by atoms with Crippen LogP contribution in [0.15, 0.2) is 54.6 Å². The van der Waals surface area contributed by atoms with Gasteiger partial charge in [0.1, 0.15) is 11.6 Å². The third kappa shape index (κ3) is 2.79. The summed E-state index contributed by atoms with van der Waals surface area (Å²) in [7, 11) is 1.66. The zero-order valence-corrected chi connectivity index (χ0v) is 11.6. The molecule has 1 aromatic heterocycles. The van der Waals surface area contributed by atoms with Crippen molar-refractivity contribution < 1.29 is 9.13 Å². The molecule has 1 heterocycles. The number of methoxy groups -OCH3 is 1. The van der Waals surface area contributed by atoms with E-state index in [1.807, 2.05) is 36.4 Å². The van der Waals surface area contributed by atoms with Gasteiger partial charge in [0.15, 0.2) is 0 Å². The molecule has 0 unspecified atom stereocenters. The zero-order chi connectivity index (χ0) is 14.7. The number of benzene rings is 2. The van der Waals surface area contributed by atoms with E-state index in [1.165, 1.54) is 6.07 Å². The monoisotopic (exact) mass is 282 g/mol. The van der Waals surface area contributed by atoms with Gasteiger partial charge in [-0.05, 0) is 29.1 Å². The van der Waals surface area contributed by atoms with Crippen molar-refractivity contribution in [2.24, 2.45) is 0 Å².